The standard InChI is InChI=1S/C15H22FNO/c1-5-15(6-2,7-3)17-14(18)12-10-8-9-11(4)13(12)16/h8-10H,5-7H2,1-4H3,(H,17,18). The van der Waals surface area contributed by atoms with E-state index in [-0.39, 0.29) is 17.0 Å². The zero-order valence-electron chi connectivity index (χ0n) is 11.6. The number of hydrogen-bond acceptors (Lipinski definition) is 1. The molecule has 1 rings (SSSR count). The van der Waals surface area contributed by atoms with Gasteiger partial charge in [0.2, 0.25) is 0 Å². The maximum Gasteiger partial charge on any atom is 0.254 e. The normalized spacial score (nSPS) is 11.4. The topological polar surface area (TPSA) is 29.1 Å². The first kappa shape index (κ1) is 14.7. The fourth-order valence-electron chi connectivity index (χ4n) is 2.15. The third kappa shape index (κ3) is 2.89. The molecule has 0 aliphatic heterocycles. The van der Waals surface area contributed by atoms with Crippen LogP contribution in [0.1, 0.15) is 56.0 Å². The summed E-state index contributed by atoms with van der Waals surface area (Å²) in [7, 11) is 0. The van der Waals surface area contributed by atoms with Gasteiger partial charge in [0.15, 0.2) is 0 Å². The largest absolute Gasteiger partial charge is 0.347 e. The first-order chi connectivity index (χ1) is 8.49. The summed E-state index contributed by atoms with van der Waals surface area (Å²) in [6.45, 7) is 7.79. The summed E-state index contributed by atoms with van der Waals surface area (Å²) in [5.74, 6) is -0.742. The summed E-state index contributed by atoms with van der Waals surface area (Å²) >= 11 is 0. The lowest BCUT2D eigenvalue weighted by Gasteiger charge is -2.31. The van der Waals surface area contributed by atoms with E-state index in [0.717, 1.165) is 19.3 Å². The van der Waals surface area contributed by atoms with E-state index in [1.807, 2.05) is 20.8 Å². The van der Waals surface area contributed by atoms with Crippen LogP contribution in [0.4, 0.5) is 4.39 Å². The van der Waals surface area contributed by atoms with Crippen molar-refractivity contribution >= 4 is 5.91 Å². The Bertz CT molecular complexity index is 416. The highest BCUT2D eigenvalue weighted by Crippen LogP contribution is 2.21. The Morgan fingerprint density at radius 3 is 2.28 bits per heavy atom. The maximum absolute atomic E-state index is 13.9. The smallest absolute Gasteiger partial charge is 0.254 e. The van der Waals surface area contributed by atoms with Gasteiger partial charge in [-0.05, 0) is 37.8 Å². The third-order valence-corrected chi connectivity index (χ3v) is 3.85. The van der Waals surface area contributed by atoms with E-state index in [9.17, 15) is 9.18 Å². The van der Waals surface area contributed by atoms with Crippen LogP contribution in [0.2, 0.25) is 0 Å². The van der Waals surface area contributed by atoms with Crippen molar-refractivity contribution in [3.8, 4) is 0 Å². The molecule has 0 fully saturated rings. The fraction of sp³-hybridized carbons (Fsp3) is 0.533. The molecule has 0 aliphatic rings. The van der Waals surface area contributed by atoms with Crippen LogP contribution in [0.15, 0.2) is 18.2 Å². The molecule has 1 aromatic carbocycles. The average molecular weight is 251 g/mol. The molecule has 18 heavy (non-hydrogen) atoms. The van der Waals surface area contributed by atoms with Gasteiger partial charge in [0.1, 0.15) is 5.82 Å². The van der Waals surface area contributed by atoms with Gasteiger partial charge in [-0.2, -0.15) is 0 Å². The van der Waals surface area contributed by atoms with E-state index in [1.165, 1.54) is 6.07 Å². The molecule has 1 aromatic rings. The van der Waals surface area contributed by atoms with Crippen molar-refractivity contribution in [2.45, 2.75) is 52.5 Å². The molecular weight excluding hydrogens is 229 g/mol. The number of amides is 1. The molecular formula is C15H22FNO. The van der Waals surface area contributed by atoms with Gasteiger partial charge in [-0.25, -0.2) is 4.39 Å². The van der Waals surface area contributed by atoms with Gasteiger partial charge >= 0.3 is 0 Å². The Kier molecular flexibility index (Phi) is 4.88. The van der Waals surface area contributed by atoms with Crippen molar-refractivity contribution in [3.63, 3.8) is 0 Å². The fourth-order valence-corrected chi connectivity index (χ4v) is 2.15. The number of nitrogens with one attached hydrogen (secondary N) is 1. The van der Waals surface area contributed by atoms with E-state index in [1.54, 1.807) is 19.1 Å². The SMILES string of the molecule is CCC(CC)(CC)NC(=O)c1cccc(C)c1F. The molecule has 0 unspecified atom stereocenters. The van der Waals surface area contributed by atoms with Crippen LogP contribution in [-0.4, -0.2) is 11.4 Å². The van der Waals surface area contributed by atoms with Gasteiger partial charge in [-0.3, -0.25) is 4.79 Å². The molecule has 0 aliphatic carbocycles. The number of carbonyl (C=O) groups is 1. The zero-order chi connectivity index (χ0) is 13.8. The minimum absolute atomic E-state index is 0.134. The molecule has 0 aromatic heterocycles. The molecule has 0 atom stereocenters. The summed E-state index contributed by atoms with van der Waals surface area (Å²) < 4.78 is 13.9. The Hall–Kier alpha value is -1.38. The molecule has 2 nitrogen and oxygen atoms in total. The van der Waals surface area contributed by atoms with Crippen LogP contribution in [0, 0.1) is 12.7 Å². The second-order valence-corrected chi connectivity index (χ2v) is 4.73. The molecule has 0 radical (unpaired) electrons. The first-order valence-electron chi connectivity index (χ1n) is 6.57. The second kappa shape index (κ2) is 5.98. The van der Waals surface area contributed by atoms with Gasteiger partial charge in [0.25, 0.3) is 5.91 Å². The van der Waals surface area contributed by atoms with Gasteiger partial charge in [-0.1, -0.05) is 32.9 Å². The number of halogens is 1. The van der Waals surface area contributed by atoms with Crippen LogP contribution < -0.4 is 5.32 Å². The highest BCUT2D eigenvalue weighted by molar-refractivity contribution is 5.95. The Labute approximate surface area is 109 Å². The minimum Gasteiger partial charge on any atom is -0.347 e. The minimum atomic E-state index is -0.424. The molecule has 0 spiro atoms. The van der Waals surface area contributed by atoms with Crippen LogP contribution in [0.3, 0.4) is 0 Å². The number of benzene rings is 1. The molecule has 1 amide bonds. The van der Waals surface area contributed by atoms with Crippen molar-refractivity contribution in [3.05, 3.63) is 35.1 Å². The predicted molar refractivity (Wildman–Crippen MR) is 72.2 cm³/mol. The zero-order valence-corrected chi connectivity index (χ0v) is 11.6. The van der Waals surface area contributed by atoms with Crippen LogP contribution in [0.5, 0.6) is 0 Å². The number of rotatable bonds is 5. The lowest BCUT2D eigenvalue weighted by Crippen LogP contribution is -2.47. The maximum atomic E-state index is 13.9. The second-order valence-electron chi connectivity index (χ2n) is 4.73. The Morgan fingerprint density at radius 2 is 1.78 bits per heavy atom. The summed E-state index contributed by atoms with van der Waals surface area (Å²) in [4.78, 5) is 12.2. The highest BCUT2D eigenvalue weighted by atomic mass is 19.1. The Morgan fingerprint density at radius 1 is 1.22 bits per heavy atom. The van der Waals surface area contributed by atoms with Crippen LogP contribution >= 0.6 is 0 Å². The van der Waals surface area contributed by atoms with Gasteiger partial charge in [-0.15, -0.1) is 0 Å². The van der Waals surface area contributed by atoms with Crippen molar-refractivity contribution in [1.29, 1.82) is 0 Å². The van der Waals surface area contributed by atoms with Gasteiger partial charge < -0.3 is 5.32 Å². The quantitative estimate of drug-likeness (QED) is 0.846. The van der Waals surface area contributed by atoms with E-state index in [0.29, 0.717) is 5.56 Å². The van der Waals surface area contributed by atoms with Gasteiger partial charge in [0.05, 0.1) is 5.56 Å². The van der Waals surface area contributed by atoms with Crippen molar-refractivity contribution in [2.24, 2.45) is 0 Å². The third-order valence-electron chi connectivity index (χ3n) is 3.85. The predicted octanol–water partition coefficient (Wildman–Crippen LogP) is 3.83. The van der Waals surface area contributed by atoms with E-state index < -0.39 is 5.82 Å². The summed E-state index contributed by atoms with van der Waals surface area (Å²) in [5, 5.41) is 2.98. The number of aryl methyl sites for hydroxylation is 1. The van der Waals surface area contributed by atoms with Crippen molar-refractivity contribution in [1.82, 2.24) is 5.32 Å². The van der Waals surface area contributed by atoms with E-state index in [2.05, 4.69) is 5.32 Å². The summed E-state index contributed by atoms with van der Waals surface area (Å²) in [5.41, 5.74) is 0.403. The van der Waals surface area contributed by atoms with Crippen molar-refractivity contribution in [2.75, 3.05) is 0 Å². The number of carbonyl (C=O) groups excluding carboxylic acids is 1. The lowest BCUT2D eigenvalue weighted by molar-refractivity contribution is 0.0884. The monoisotopic (exact) mass is 251 g/mol. The highest BCUT2D eigenvalue weighted by Gasteiger charge is 2.27. The van der Waals surface area contributed by atoms with Crippen LogP contribution in [-0.2, 0) is 0 Å². The summed E-state index contributed by atoms with van der Waals surface area (Å²) in [6.07, 6.45) is 2.54. The molecule has 3 heteroatoms. The molecule has 100 valence electrons. The summed E-state index contributed by atoms with van der Waals surface area (Å²) in [6, 6.07) is 4.90. The number of hydrogen-bond donors (Lipinski definition) is 1. The first-order valence-corrected chi connectivity index (χ1v) is 6.57. The van der Waals surface area contributed by atoms with Crippen LogP contribution in [0.25, 0.3) is 0 Å². The molecule has 0 saturated carbocycles. The lowest BCUT2D eigenvalue weighted by atomic mass is 9.89. The molecule has 0 saturated heterocycles. The molecule has 0 heterocycles. The van der Waals surface area contributed by atoms with E-state index in [4.69, 9.17) is 0 Å². The van der Waals surface area contributed by atoms with E-state index >= 15 is 0 Å². The Balaban J connectivity index is 2.98. The average Bonchev–Trinajstić information content (AvgIpc) is 2.39. The van der Waals surface area contributed by atoms with Crippen molar-refractivity contribution < 1.29 is 9.18 Å². The molecule has 1 N–H and O–H groups in total. The van der Waals surface area contributed by atoms with Gasteiger partial charge in [0, 0.05) is 5.54 Å². The molecule has 0 bridgehead atoms.